The van der Waals surface area contributed by atoms with Crippen LogP contribution >= 0.6 is 11.6 Å². The molecule has 0 atom stereocenters. The van der Waals surface area contributed by atoms with Crippen LogP contribution in [0.5, 0.6) is 0 Å². The Hall–Kier alpha value is -1.48. The minimum absolute atomic E-state index is 0.289. The summed E-state index contributed by atoms with van der Waals surface area (Å²) in [5, 5.41) is 4.29. The molecule has 0 spiro atoms. The first-order chi connectivity index (χ1) is 6.70. The average Bonchev–Trinajstić information content (AvgIpc) is 2.57. The summed E-state index contributed by atoms with van der Waals surface area (Å²) in [6, 6.07) is 5.75. The maximum absolute atomic E-state index is 6.13. The van der Waals surface area contributed by atoms with E-state index in [1.54, 1.807) is 6.20 Å². The van der Waals surface area contributed by atoms with Gasteiger partial charge in [-0.25, -0.2) is 0 Å². The molecule has 14 heavy (non-hydrogen) atoms. The molecule has 4 heteroatoms. The molecule has 1 aromatic heterocycles. The Kier molecular flexibility index (Phi) is 2.17. The first-order valence-corrected chi connectivity index (χ1v) is 4.53. The number of nitrogen functional groups attached to an aromatic ring is 1. The highest BCUT2D eigenvalue weighted by Crippen LogP contribution is 2.33. The van der Waals surface area contributed by atoms with Crippen LogP contribution in [0.3, 0.4) is 0 Å². The lowest BCUT2D eigenvalue weighted by Crippen LogP contribution is -1.86. The molecular formula is C10H9ClN2O. The Balaban J connectivity index is 2.63. The lowest BCUT2D eigenvalue weighted by molar-refractivity contribution is 0.436. The van der Waals surface area contributed by atoms with E-state index in [0.29, 0.717) is 5.02 Å². The van der Waals surface area contributed by atoms with E-state index in [2.05, 4.69) is 5.16 Å². The third-order valence-corrected chi connectivity index (χ3v) is 2.58. The van der Waals surface area contributed by atoms with Crippen molar-refractivity contribution in [3.8, 4) is 11.1 Å². The predicted octanol–water partition coefficient (Wildman–Crippen LogP) is 2.89. The molecule has 1 heterocycles. The van der Waals surface area contributed by atoms with Crippen molar-refractivity contribution in [1.82, 2.24) is 5.16 Å². The topological polar surface area (TPSA) is 52.0 Å². The van der Waals surface area contributed by atoms with Crippen LogP contribution in [0.2, 0.25) is 5.02 Å². The number of aromatic nitrogens is 1. The number of hydrogen-bond donors (Lipinski definition) is 1. The second-order valence-corrected chi connectivity index (χ2v) is 3.42. The third kappa shape index (κ3) is 1.36. The SMILES string of the molecule is Cc1cccc(-c2cnoc2N)c1Cl. The Morgan fingerprint density at radius 2 is 2.14 bits per heavy atom. The Morgan fingerprint density at radius 3 is 2.79 bits per heavy atom. The molecule has 2 N–H and O–H groups in total. The van der Waals surface area contributed by atoms with Gasteiger partial charge in [0.05, 0.1) is 16.8 Å². The molecule has 0 radical (unpaired) electrons. The van der Waals surface area contributed by atoms with Crippen LogP contribution in [0.25, 0.3) is 11.1 Å². The standard InChI is InChI=1S/C10H9ClN2O/c1-6-3-2-4-7(9(6)11)8-5-13-14-10(8)12/h2-5H,12H2,1H3. The number of hydrogen-bond acceptors (Lipinski definition) is 3. The monoisotopic (exact) mass is 208 g/mol. The summed E-state index contributed by atoms with van der Waals surface area (Å²) in [5.74, 6) is 0.289. The van der Waals surface area contributed by atoms with Gasteiger partial charge in [-0.1, -0.05) is 35.0 Å². The van der Waals surface area contributed by atoms with Gasteiger partial charge >= 0.3 is 0 Å². The number of rotatable bonds is 1. The molecule has 0 bridgehead atoms. The molecule has 0 saturated carbocycles. The Labute approximate surface area is 86.5 Å². The van der Waals surface area contributed by atoms with Crippen molar-refractivity contribution in [2.45, 2.75) is 6.92 Å². The summed E-state index contributed by atoms with van der Waals surface area (Å²) in [5.41, 5.74) is 8.20. The zero-order valence-corrected chi connectivity index (χ0v) is 8.38. The van der Waals surface area contributed by atoms with Crippen LogP contribution in [0.4, 0.5) is 5.88 Å². The van der Waals surface area contributed by atoms with E-state index in [4.69, 9.17) is 21.9 Å². The highest BCUT2D eigenvalue weighted by atomic mass is 35.5. The van der Waals surface area contributed by atoms with E-state index in [1.165, 1.54) is 0 Å². The fourth-order valence-electron chi connectivity index (χ4n) is 1.31. The van der Waals surface area contributed by atoms with Gasteiger partial charge in [0.25, 0.3) is 0 Å². The number of halogens is 1. The van der Waals surface area contributed by atoms with Crippen molar-refractivity contribution >= 4 is 17.5 Å². The van der Waals surface area contributed by atoms with Crippen LogP contribution in [0, 0.1) is 6.92 Å². The molecule has 0 unspecified atom stereocenters. The minimum atomic E-state index is 0.289. The number of aryl methyl sites for hydroxylation is 1. The first-order valence-electron chi connectivity index (χ1n) is 4.16. The lowest BCUT2D eigenvalue weighted by atomic mass is 10.1. The summed E-state index contributed by atoms with van der Waals surface area (Å²) in [4.78, 5) is 0. The zero-order chi connectivity index (χ0) is 10.1. The number of benzene rings is 1. The average molecular weight is 209 g/mol. The van der Waals surface area contributed by atoms with E-state index >= 15 is 0 Å². The van der Waals surface area contributed by atoms with Gasteiger partial charge in [0.1, 0.15) is 0 Å². The van der Waals surface area contributed by atoms with Crippen molar-refractivity contribution < 1.29 is 4.52 Å². The van der Waals surface area contributed by atoms with Crippen LogP contribution in [0.15, 0.2) is 28.9 Å². The van der Waals surface area contributed by atoms with Gasteiger partial charge in [0.2, 0.25) is 5.88 Å². The quantitative estimate of drug-likeness (QED) is 0.784. The maximum atomic E-state index is 6.13. The fraction of sp³-hybridized carbons (Fsp3) is 0.100. The lowest BCUT2D eigenvalue weighted by Gasteiger charge is -2.03. The van der Waals surface area contributed by atoms with Gasteiger partial charge < -0.3 is 10.3 Å². The van der Waals surface area contributed by atoms with Gasteiger partial charge in [0, 0.05) is 5.56 Å². The van der Waals surface area contributed by atoms with E-state index < -0.39 is 0 Å². The first kappa shape index (κ1) is 9.09. The van der Waals surface area contributed by atoms with E-state index in [1.807, 2.05) is 25.1 Å². The molecule has 2 aromatic rings. The second kappa shape index (κ2) is 3.35. The molecule has 0 fully saturated rings. The molecule has 0 aliphatic rings. The van der Waals surface area contributed by atoms with Crippen molar-refractivity contribution in [2.75, 3.05) is 5.73 Å². The van der Waals surface area contributed by atoms with Crippen LogP contribution in [-0.2, 0) is 0 Å². The molecule has 0 amide bonds. The molecule has 0 aliphatic heterocycles. The van der Waals surface area contributed by atoms with Crippen molar-refractivity contribution in [2.24, 2.45) is 0 Å². The van der Waals surface area contributed by atoms with E-state index in [-0.39, 0.29) is 5.88 Å². The summed E-state index contributed by atoms with van der Waals surface area (Å²) < 4.78 is 4.78. The molecule has 2 rings (SSSR count). The third-order valence-electron chi connectivity index (χ3n) is 2.08. The largest absolute Gasteiger partial charge is 0.367 e. The van der Waals surface area contributed by atoms with Gasteiger partial charge in [-0.3, -0.25) is 0 Å². The van der Waals surface area contributed by atoms with Crippen molar-refractivity contribution in [3.63, 3.8) is 0 Å². The molecular weight excluding hydrogens is 200 g/mol. The van der Waals surface area contributed by atoms with E-state index in [0.717, 1.165) is 16.7 Å². The molecule has 0 saturated heterocycles. The van der Waals surface area contributed by atoms with Crippen molar-refractivity contribution in [1.29, 1.82) is 0 Å². The van der Waals surface area contributed by atoms with Gasteiger partial charge in [0.15, 0.2) is 0 Å². The number of nitrogens with two attached hydrogens (primary N) is 1. The zero-order valence-electron chi connectivity index (χ0n) is 7.62. The normalized spacial score (nSPS) is 10.4. The summed E-state index contributed by atoms with van der Waals surface area (Å²) in [7, 11) is 0. The number of nitrogens with zero attached hydrogens (tertiary/aromatic N) is 1. The second-order valence-electron chi connectivity index (χ2n) is 3.04. The summed E-state index contributed by atoms with van der Waals surface area (Å²) >= 11 is 6.13. The molecule has 0 aliphatic carbocycles. The molecule has 72 valence electrons. The van der Waals surface area contributed by atoms with Gasteiger partial charge in [-0.15, -0.1) is 0 Å². The minimum Gasteiger partial charge on any atom is -0.367 e. The highest BCUT2D eigenvalue weighted by molar-refractivity contribution is 6.34. The Morgan fingerprint density at radius 1 is 1.36 bits per heavy atom. The smallest absolute Gasteiger partial charge is 0.230 e. The van der Waals surface area contributed by atoms with E-state index in [9.17, 15) is 0 Å². The van der Waals surface area contributed by atoms with Gasteiger partial charge in [-0.2, -0.15) is 0 Å². The highest BCUT2D eigenvalue weighted by Gasteiger charge is 2.11. The number of anilines is 1. The Bertz CT molecular complexity index is 465. The van der Waals surface area contributed by atoms with Crippen LogP contribution in [0.1, 0.15) is 5.56 Å². The summed E-state index contributed by atoms with van der Waals surface area (Å²) in [6.45, 7) is 1.94. The predicted molar refractivity (Wildman–Crippen MR) is 56.1 cm³/mol. The van der Waals surface area contributed by atoms with Crippen LogP contribution in [-0.4, -0.2) is 5.16 Å². The molecule has 1 aromatic carbocycles. The summed E-state index contributed by atoms with van der Waals surface area (Å²) in [6.07, 6.45) is 1.57. The van der Waals surface area contributed by atoms with Crippen LogP contribution < -0.4 is 5.73 Å². The van der Waals surface area contributed by atoms with Crippen molar-refractivity contribution in [3.05, 3.63) is 35.0 Å². The molecule has 3 nitrogen and oxygen atoms in total. The fourth-order valence-corrected chi connectivity index (χ4v) is 1.53. The maximum Gasteiger partial charge on any atom is 0.230 e. The van der Waals surface area contributed by atoms with Gasteiger partial charge in [-0.05, 0) is 12.5 Å².